The van der Waals surface area contributed by atoms with Crippen molar-refractivity contribution in [3.05, 3.63) is 29.8 Å². The van der Waals surface area contributed by atoms with Gasteiger partial charge in [0.05, 0.1) is 10.8 Å². The van der Waals surface area contributed by atoms with Crippen LogP contribution in [-0.2, 0) is 26.2 Å². The summed E-state index contributed by atoms with van der Waals surface area (Å²) in [5, 5.41) is 7.83. The van der Waals surface area contributed by atoms with Gasteiger partial charge in [-0.25, -0.2) is 13.6 Å². The van der Waals surface area contributed by atoms with E-state index < -0.39 is 10.0 Å². The van der Waals surface area contributed by atoms with Crippen molar-refractivity contribution in [2.24, 2.45) is 11.1 Å². The zero-order valence-corrected chi connectivity index (χ0v) is 14.0. The molecule has 0 saturated carbocycles. The van der Waals surface area contributed by atoms with Crippen molar-refractivity contribution in [2.75, 3.05) is 6.54 Å². The average molecular weight is 339 g/mol. The van der Waals surface area contributed by atoms with Gasteiger partial charge in [0.1, 0.15) is 0 Å². The fraction of sp³-hybridized carbons (Fsp3) is 0.467. The lowest BCUT2D eigenvalue weighted by atomic mass is 10.1. The number of primary sulfonamides is 1. The molecular weight excluding hydrogens is 318 g/mol. The van der Waals surface area contributed by atoms with Crippen LogP contribution in [0.4, 0.5) is 0 Å². The lowest BCUT2D eigenvalue weighted by molar-refractivity contribution is -0.130. The lowest BCUT2D eigenvalue weighted by Crippen LogP contribution is -2.35. The second kappa shape index (κ2) is 6.67. The number of hydrogen-bond acceptors (Lipinski definition) is 4. The number of benzene rings is 1. The minimum absolute atomic E-state index is 0.00581. The van der Waals surface area contributed by atoms with Crippen LogP contribution in [0.5, 0.6) is 0 Å². The molecule has 1 fully saturated rings. The second-order valence-corrected chi connectivity index (χ2v) is 7.51. The van der Waals surface area contributed by atoms with E-state index in [2.05, 4.69) is 5.32 Å². The van der Waals surface area contributed by atoms with Crippen LogP contribution in [0.2, 0.25) is 0 Å². The van der Waals surface area contributed by atoms with Crippen LogP contribution >= 0.6 is 0 Å². The number of amides is 2. The largest absolute Gasteiger partial charge is 0.352 e. The number of carbonyl (C=O) groups excluding carboxylic acids is 2. The van der Waals surface area contributed by atoms with Crippen LogP contribution in [0.1, 0.15) is 25.8 Å². The van der Waals surface area contributed by atoms with Crippen molar-refractivity contribution in [1.29, 1.82) is 0 Å². The molecule has 0 spiro atoms. The van der Waals surface area contributed by atoms with E-state index in [1.54, 1.807) is 17.0 Å². The Kier molecular flexibility index (Phi) is 5.06. The zero-order chi connectivity index (χ0) is 17.2. The molecule has 1 aliphatic rings. The summed E-state index contributed by atoms with van der Waals surface area (Å²) < 4.78 is 22.6. The van der Waals surface area contributed by atoms with Crippen molar-refractivity contribution < 1.29 is 18.0 Å². The first-order valence-corrected chi connectivity index (χ1v) is 8.92. The average Bonchev–Trinajstić information content (AvgIpc) is 2.86. The molecule has 2 rings (SSSR count). The predicted octanol–water partition coefficient (Wildman–Crippen LogP) is 0.207. The number of sulfonamides is 1. The van der Waals surface area contributed by atoms with E-state index in [0.717, 1.165) is 0 Å². The molecule has 1 aromatic rings. The van der Waals surface area contributed by atoms with Gasteiger partial charge in [0.2, 0.25) is 21.8 Å². The van der Waals surface area contributed by atoms with E-state index >= 15 is 0 Å². The number of nitrogens with two attached hydrogens (primary N) is 1. The van der Waals surface area contributed by atoms with Crippen molar-refractivity contribution in [2.45, 2.75) is 37.8 Å². The maximum atomic E-state index is 12.2. The molecule has 126 valence electrons. The first kappa shape index (κ1) is 17.4. The molecule has 1 atom stereocenters. The molecule has 0 aliphatic carbocycles. The molecule has 23 heavy (non-hydrogen) atoms. The van der Waals surface area contributed by atoms with Crippen LogP contribution < -0.4 is 10.5 Å². The van der Waals surface area contributed by atoms with E-state index in [1.165, 1.54) is 12.1 Å². The molecule has 0 radical (unpaired) electrons. The molecule has 8 heteroatoms. The summed E-state index contributed by atoms with van der Waals surface area (Å²) in [6.45, 7) is 4.43. The molecule has 3 N–H and O–H groups in total. The molecule has 1 aliphatic heterocycles. The third-order valence-corrected chi connectivity index (χ3v) is 4.76. The van der Waals surface area contributed by atoms with Crippen molar-refractivity contribution in [3.8, 4) is 0 Å². The van der Waals surface area contributed by atoms with Crippen LogP contribution in [-0.4, -0.2) is 37.7 Å². The number of nitrogens with zero attached hydrogens (tertiary/aromatic N) is 1. The van der Waals surface area contributed by atoms with E-state index in [1.807, 2.05) is 13.8 Å². The van der Waals surface area contributed by atoms with E-state index in [9.17, 15) is 18.0 Å². The summed E-state index contributed by atoms with van der Waals surface area (Å²) in [4.78, 5) is 25.7. The Morgan fingerprint density at radius 3 is 2.70 bits per heavy atom. The summed E-state index contributed by atoms with van der Waals surface area (Å²) in [5.74, 6) is -0.592. The fourth-order valence-electron chi connectivity index (χ4n) is 2.57. The van der Waals surface area contributed by atoms with Gasteiger partial charge in [-0.2, -0.15) is 0 Å². The number of carbonyl (C=O) groups is 2. The Hall–Kier alpha value is -1.93. The van der Waals surface area contributed by atoms with Crippen LogP contribution in [0.15, 0.2) is 29.2 Å². The first-order chi connectivity index (χ1) is 10.7. The second-order valence-electron chi connectivity index (χ2n) is 5.95. The Bertz CT molecular complexity index is 715. The number of rotatable bonds is 5. The highest BCUT2D eigenvalue weighted by molar-refractivity contribution is 7.89. The van der Waals surface area contributed by atoms with Gasteiger partial charge in [0.15, 0.2) is 0 Å². The van der Waals surface area contributed by atoms with Crippen molar-refractivity contribution in [3.63, 3.8) is 0 Å². The molecule has 0 aromatic heterocycles. The highest BCUT2D eigenvalue weighted by atomic mass is 32.2. The zero-order valence-electron chi connectivity index (χ0n) is 13.2. The Morgan fingerprint density at radius 2 is 2.13 bits per heavy atom. The Labute approximate surface area is 135 Å². The minimum Gasteiger partial charge on any atom is -0.352 e. The van der Waals surface area contributed by atoms with Gasteiger partial charge in [-0.15, -0.1) is 0 Å². The van der Waals surface area contributed by atoms with Crippen LogP contribution in [0.3, 0.4) is 0 Å². The summed E-state index contributed by atoms with van der Waals surface area (Å²) in [6.07, 6.45) is 0.210. The number of nitrogens with one attached hydrogen (secondary N) is 1. The molecule has 2 amide bonds. The SMILES string of the molecule is CC(C)N1C[C@@H](C(=O)NCc2cccc(S(N)(=O)=O)c2)CC1=O. The monoisotopic (exact) mass is 339 g/mol. The third kappa shape index (κ3) is 4.29. The minimum atomic E-state index is -3.77. The number of likely N-dealkylation sites (tertiary alicyclic amines) is 1. The highest BCUT2D eigenvalue weighted by Gasteiger charge is 2.35. The standard InChI is InChI=1S/C15H21N3O4S/c1-10(2)18-9-12(7-14(18)19)15(20)17-8-11-4-3-5-13(6-11)23(16,21)22/h3-6,10,12H,7-9H2,1-2H3,(H,17,20)(H2,16,21,22)/t12-/m0/s1. The summed E-state index contributed by atoms with van der Waals surface area (Å²) in [7, 11) is -3.77. The Morgan fingerprint density at radius 1 is 1.43 bits per heavy atom. The van der Waals surface area contributed by atoms with E-state index in [4.69, 9.17) is 5.14 Å². The topological polar surface area (TPSA) is 110 Å². The maximum absolute atomic E-state index is 12.2. The van der Waals surface area contributed by atoms with E-state index in [-0.39, 0.29) is 41.6 Å². The quantitative estimate of drug-likeness (QED) is 0.799. The fourth-order valence-corrected chi connectivity index (χ4v) is 3.16. The van der Waals surface area contributed by atoms with Crippen LogP contribution in [0.25, 0.3) is 0 Å². The van der Waals surface area contributed by atoms with Gasteiger partial charge < -0.3 is 10.2 Å². The Balaban J connectivity index is 1.97. The first-order valence-electron chi connectivity index (χ1n) is 7.37. The predicted molar refractivity (Wildman–Crippen MR) is 84.6 cm³/mol. The lowest BCUT2D eigenvalue weighted by Gasteiger charge is -2.20. The maximum Gasteiger partial charge on any atom is 0.238 e. The van der Waals surface area contributed by atoms with Gasteiger partial charge in [-0.3, -0.25) is 9.59 Å². The van der Waals surface area contributed by atoms with Crippen LogP contribution in [0, 0.1) is 5.92 Å². The van der Waals surface area contributed by atoms with Gasteiger partial charge in [0.25, 0.3) is 0 Å². The van der Waals surface area contributed by atoms with Gasteiger partial charge in [-0.1, -0.05) is 12.1 Å². The summed E-state index contributed by atoms with van der Waals surface area (Å²) >= 11 is 0. The normalized spacial score (nSPS) is 18.5. The van der Waals surface area contributed by atoms with Crippen molar-refractivity contribution >= 4 is 21.8 Å². The molecule has 1 saturated heterocycles. The van der Waals surface area contributed by atoms with Crippen molar-refractivity contribution in [1.82, 2.24) is 10.2 Å². The smallest absolute Gasteiger partial charge is 0.238 e. The highest BCUT2D eigenvalue weighted by Crippen LogP contribution is 2.20. The van der Waals surface area contributed by atoms with E-state index in [0.29, 0.717) is 12.1 Å². The molecule has 7 nitrogen and oxygen atoms in total. The molecule has 1 heterocycles. The van der Waals surface area contributed by atoms with Gasteiger partial charge in [-0.05, 0) is 31.5 Å². The van der Waals surface area contributed by atoms with Gasteiger partial charge >= 0.3 is 0 Å². The summed E-state index contributed by atoms with van der Waals surface area (Å²) in [5.41, 5.74) is 0.634. The third-order valence-electron chi connectivity index (χ3n) is 3.85. The molecule has 0 unspecified atom stereocenters. The molecule has 1 aromatic carbocycles. The van der Waals surface area contributed by atoms with Gasteiger partial charge in [0, 0.05) is 25.6 Å². The molecule has 0 bridgehead atoms. The molecular formula is C15H21N3O4S. The summed E-state index contributed by atoms with van der Waals surface area (Å²) in [6, 6.07) is 6.18. The number of hydrogen-bond donors (Lipinski definition) is 2.